The number of benzene rings is 3. The quantitative estimate of drug-likeness (QED) is 0.234. The van der Waals surface area contributed by atoms with Crippen molar-refractivity contribution < 1.29 is 29.0 Å². The fourth-order valence-electron chi connectivity index (χ4n) is 5.79. The van der Waals surface area contributed by atoms with Gasteiger partial charge in [-0.1, -0.05) is 43.3 Å². The highest BCUT2D eigenvalue weighted by Crippen LogP contribution is 2.29. The van der Waals surface area contributed by atoms with Crippen molar-refractivity contribution >= 4 is 40.1 Å². The molecule has 1 heterocycles. The van der Waals surface area contributed by atoms with E-state index in [0.717, 1.165) is 30.0 Å². The van der Waals surface area contributed by atoms with Gasteiger partial charge >= 0.3 is 12.1 Å². The number of hydrogen-bond acceptors (Lipinski definition) is 6. The van der Waals surface area contributed by atoms with Crippen LogP contribution in [0.5, 0.6) is 5.75 Å². The van der Waals surface area contributed by atoms with Gasteiger partial charge in [0.05, 0.1) is 36.1 Å². The molecule has 3 aromatic carbocycles. The smallest absolute Gasteiger partial charge is 0.323 e. The molecule has 0 spiro atoms. The van der Waals surface area contributed by atoms with Crippen LogP contribution in [-0.2, 0) is 4.74 Å². The molecule has 3 aromatic rings. The van der Waals surface area contributed by atoms with E-state index in [1.807, 2.05) is 70.2 Å². The Kier molecular flexibility index (Phi) is 13.0. The second-order valence-corrected chi connectivity index (χ2v) is 13.1. The van der Waals surface area contributed by atoms with Gasteiger partial charge in [0.15, 0.2) is 0 Å². The molecule has 0 aromatic heterocycles. The van der Waals surface area contributed by atoms with Crippen molar-refractivity contribution in [1.29, 1.82) is 0 Å². The van der Waals surface area contributed by atoms with Gasteiger partial charge in [0.1, 0.15) is 5.75 Å². The number of nitrogens with one attached hydrogen (secondary N) is 3. The van der Waals surface area contributed by atoms with Gasteiger partial charge in [0.2, 0.25) is 0 Å². The van der Waals surface area contributed by atoms with Crippen molar-refractivity contribution in [2.24, 2.45) is 5.92 Å². The van der Waals surface area contributed by atoms with E-state index in [1.54, 1.807) is 42.0 Å². The highest BCUT2D eigenvalue weighted by Gasteiger charge is 2.31. The number of urea groups is 2. The van der Waals surface area contributed by atoms with Gasteiger partial charge < -0.3 is 40.3 Å². The molecule has 4 rings (SSSR count). The molecule has 4 N–H and O–H groups in total. The van der Waals surface area contributed by atoms with Crippen molar-refractivity contribution in [3.05, 3.63) is 66.2 Å². The molecule has 0 unspecified atom stereocenters. The molecule has 0 radical (unpaired) electrons. The standard InChI is InChI=1S/C37H51N5O6/c1-24(2)38-37(46)41(6)22-34-25(3)21-42(26(4)23-43)35(44)31-20-29(17-18-33(31)48-27(5)12-9-10-19-47-34)39-36(45)40-32-16-11-14-28-13-7-8-15-30(28)32/h7-8,11,13-18,20,24-27,34,43H,9-10,12,19,21-23H2,1-6H3,(H,38,46)(H2,39,40,45)/t25-,26-,27+,34-/m1/s1. The van der Waals surface area contributed by atoms with Crippen molar-refractivity contribution in [1.82, 2.24) is 15.1 Å². The number of carbonyl (C=O) groups excluding carboxylic acids is 3. The van der Waals surface area contributed by atoms with E-state index >= 15 is 0 Å². The largest absolute Gasteiger partial charge is 0.490 e. The van der Waals surface area contributed by atoms with Crippen molar-refractivity contribution in [3.8, 4) is 5.75 Å². The monoisotopic (exact) mass is 661 g/mol. The molecule has 1 aliphatic heterocycles. The summed E-state index contributed by atoms with van der Waals surface area (Å²) in [5.41, 5.74) is 1.36. The van der Waals surface area contributed by atoms with E-state index in [4.69, 9.17) is 9.47 Å². The highest BCUT2D eigenvalue weighted by molar-refractivity contribution is 6.07. The van der Waals surface area contributed by atoms with Crippen molar-refractivity contribution in [2.45, 2.75) is 78.2 Å². The van der Waals surface area contributed by atoms with E-state index in [1.165, 1.54) is 0 Å². The fourth-order valence-corrected chi connectivity index (χ4v) is 5.79. The molecule has 5 amide bonds. The lowest BCUT2D eigenvalue weighted by Crippen LogP contribution is -2.49. The molecule has 48 heavy (non-hydrogen) atoms. The van der Waals surface area contributed by atoms with Crippen LogP contribution in [0.2, 0.25) is 0 Å². The van der Waals surface area contributed by atoms with Crippen LogP contribution in [0, 0.1) is 5.92 Å². The zero-order valence-electron chi connectivity index (χ0n) is 29.0. The molecule has 0 bridgehead atoms. The van der Waals surface area contributed by atoms with Crippen molar-refractivity contribution in [2.75, 3.05) is 44.0 Å². The minimum Gasteiger partial charge on any atom is -0.490 e. The Morgan fingerprint density at radius 2 is 1.77 bits per heavy atom. The lowest BCUT2D eigenvalue weighted by Gasteiger charge is -2.36. The summed E-state index contributed by atoms with van der Waals surface area (Å²) in [6, 6.07) is 17.4. The molecule has 0 fully saturated rings. The summed E-state index contributed by atoms with van der Waals surface area (Å²) in [4.78, 5) is 43.5. The topological polar surface area (TPSA) is 132 Å². The summed E-state index contributed by atoms with van der Waals surface area (Å²) < 4.78 is 12.7. The molecule has 4 atom stereocenters. The Labute approximate surface area is 284 Å². The number of rotatable bonds is 7. The first-order chi connectivity index (χ1) is 23.0. The fraction of sp³-hybridized carbons (Fsp3) is 0.486. The number of anilines is 2. The summed E-state index contributed by atoms with van der Waals surface area (Å²) in [5, 5.41) is 20.9. The number of nitrogens with zero attached hydrogens (tertiary/aromatic N) is 2. The predicted molar refractivity (Wildman–Crippen MR) is 190 cm³/mol. The number of amides is 5. The molecule has 11 heteroatoms. The Bertz CT molecular complexity index is 1540. The van der Waals surface area contributed by atoms with E-state index in [-0.39, 0.29) is 54.8 Å². The molecule has 11 nitrogen and oxygen atoms in total. The first kappa shape index (κ1) is 36.5. The zero-order valence-corrected chi connectivity index (χ0v) is 29.0. The minimum absolute atomic E-state index is 0.00578. The van der Waals surface area contributed by atoms with Gasteiger partial charge in [-0.15, -0.1) is 0 Å². The zero-order chi connectivity index (χ0) is 34.8. The third-order valence-electron chi connectivity index (χ3n) is 8.56. The Morgan fingerprint density at radius 3 is 2.52 bits per heavy atom. The Morgan fingerprint density at radius 1 is 1.02 bits per heavy atom. The summed E-state index contributed by atoms with van der Waals surface area (Å²) in [7, 11) is 1.73. The molecule has 1 aliphatic rings. The maximum absolute atomic E-state index is 14.4. The summed E-state index contributed by atoms with van der Waals surface area (Å²) in [6.45, 7) is 10.4. The van der Waals surface area contributed by atoms with Crippen LogP contribution in [0.4, 0.5) is 21.0 Å². The van der Waals surface area contributed by atoms with E-state index < -0.39 is 12.1 Å². The Hall–Kier alpha value is -4.35. The van der Waals surface area contributed by atoms with Crippen molar-refractivity contribution in [3.63, 3.8) is 0 Å². The lowest BCUT2D eigenvalue weighted by atomic mass is 10.0. The molecular weight excluding hydrogens is 610 g/mol. The van der Waals surface area contributed by atoms with Gasteiger partial charge in [-0.05, 0) is 76.6 Å². The summed E-state index contributed by atoms with van der Waals surface area (Å²) in [6.07, 6.45) is 1.89. The van der Waals surface area contributed by atoms with E-state index in [2.05, 4.69) is 16.0 Å². The van der Waals surface area contributed by atoms with Crippen LogP contribution >= 0.6 is 0 Å². The van der Waals surface area contributed by atoms with Gasteiger partial charge in [-0.3, -0.25) is 4.79 Å². The normalized spacial score (nSPS) is 19.9. The molecular formula is C37H51N5O6. The van der Waals surface area contributed by atoms with Gasteiger partial charge in [-0.2, -0.15) is 0 Å². The van der Waals surface area contributed by atoms with Gasteiger partial charge in [0.25, 0.3) is 5.91 Å². The second-order valence-electron chi connectivity index (χ2n) is 13.1. The average Bonchev–Trinajstić information content (AvgIpc) is 3.05. The van der Waals surface area contributed by atoms with E-state index in [9.17, 15) is 19.5 Å². The highest BCUT2D eigenvalue weighted by atomic mass is 16.5. The number of aliphatic hydroxyl groups excluding tert-OH is 1. The average molecular weight is 662 g/mol. The van der Waals surface area contributed by atoms with Crippen LogP contribution in [0.15, 0.2) is 60.7 Å². The number of ether oxygens (including phenoxy) is 2. The first-order valence-corrected chi connectivity index (χ1v) is 16.9. The number of aliphatic hydroxyl groups is 1. The lowest BCUT2D eigenvalue weighted by molar-refractivity contribution is -0.0122. The van der Waals surface area contributed by atoms with Crippen LogP contribution in [-0.4, -0.2) is 90.5 Å². The number of hydrogen-bond donors (Lipinski definition) is 4. The maximum atomic E-state index is 14.4. The molecule has 0 saturated carbocycles. The van der Waals surface area contributed by atoms with E-state index in [0.29, 0.717) is 30.3 Å². The van der Waals surface area contributed by atoms with Gasteiger partial charge in [-0.25, -0.2) is 9.59 Å². The maximum Gasteiger partial charge on any atom is 0.323 e. The first-order valence-electron chi connectivity index (χ1n) is 16.9. The predicted octanol–water partition coefficient (Wildman–Crippen LogP) is 6.33. The van der Waals surface area contributed by atoms with Gasteiger partial charge in [0, 0.05) is 49.8 Å². The molecule has 260 valence electrons. The number of carbonyl (C=O) groups is 3. The SMILES string of the molecule is CC(C)NC(=O)N(C)C[C@H]1OCCCC[C@H](C)Oc2ccc(NC(=O)Nc3cccc4ccccc34)cc2C(=O)N([C@H](C)CO)C[C@H]1C. The summed E-state index contributed by atoms with van der Waals surface area (Å²) in [5.74, 6) is -0.119. The minimum atomic E-state index is -0.521. The summed E-state index contributed by atoms with van der Waals surface area (Å²) >= 11 is 0. The van der Waals surface area contributed by atoms with Crippen LogP contribution in [0.25, 0.3) is 10.8 Å². The number of fused-ring (bicyclic) bond motifs is 2. The third kappa shape index (κ3) is 9.84. The van der Waals surface area contributed by atoms with Crippen LogP contribution in [0.3, 0.4) is 0 Å². The molecule has 0 saturated heterocycles. The molecule has 0 aliphatic carbocycles. The Balaban J connectivity index is 1.61. The number of likely N-dealkylation sites (N-methyl/N-ethyl adjacent to an activating group) is 1. The second kappa shape index (κ2) is 17.2. The van der Waals surface area contributed by atoms with Crippen LogP contribution in [0.1, 0.15) is 64.2 Å². The third-order valence-corrected chi connectivity index (χ3v) is 8.56. The van der Waals surface area contributed by atoms with Crippen LogP contribution < -0.4 is 20.7 Å².